The fourth-order valence-corrected chi connectivity index (χ4v) is 6.40. The Morgan fingerprint density at radius 1 is 0.298 bits per heavy atom. The van der Waals surface area contributed by atoms with Gasteiger partial charge in [-0.05, 0) is 54.6 Å². The standard InChI is InChI=1S/C38H11F15N4/c39-24-21(25(40)31(46)36(51)30(24)45)18-12-3-1-10(54-12)9-11-2-4-13(55-11)19(22-26(41)32(47)37(52)33(48)27(22)42)15-6-8-17(57-15)20(16-7-5-14(18)56-16)23-28(43)34(49)38(53)35(50)29(23)44/h1-9,54,57H. The molecule has 4 nitrogen and oxygen atoms in total. The summed E-state index contributed by atoms with van der Waals surface area (Å²) < 4.78 is 223. The Morgan fingerprint density at radius 3 is 0.982 bits per heavy atom. The molecule has 2 aliphatic heterocycles. The average Bonchev–Trinajstić information content (AvgIpc) is 4.04. The fraction of sp³-hybridized carbons (Fsp3) is 0. The quantitative estimate of drug-likeness (QED) is 0.106. The van der Waals surface area contributed by atoms with Crippen molar-refractivity contribution >= 4 is 46.4 Å². The van der Waals surface area contributed by atoms with Crippen LogP contribution in [-0.2, 0) is 0 Å². The van der Waals surface area contributed by atoms with Crippen LogP contribution < -0.4 is 0 Å². The molecular weight excluding hydrogens is 797 g/mol. The summed E-state index contributed by atoms with van der Waals surface area (Å²) in [5.41, 5.74) is -11.6. The van der Waals surface area contributed by atoms with E-state index >= 15 is 26.3 Å². The van der Waals surface area contributed by atoms with Crippen LogP contribution in [0.1, 0.15) is 22.8 Å². The minimum atomic E-state index is -2.60. The van der Waals surface area contributed by atoms with Crippen LogP contribution in [-0.4, -0.2) is 19.9 Å². The minimum absolute atomic E-state index is 0.0384. The zero-order valence-electron chi connectivity index (χ0n) is 27.3. The minimum Gasteiger partial charge on any atom is -0.355 e. The summed E-state index contributed by atoms with van der Waals surface area (Å²) >= 11 is 0. The van der Waals surface area contributed by atoms with Crippen molar-refractivity contribution in [1.29, 1.82) is 0 Å². The Labute approximate surface area is 305 Å². The Balaban J connectivity index is 1.63. The van der Waals surface area contributed by atoms with E-state index in [1.54, 1.807) is 0 Å². The molecule has 0 amide bonds. The first kappa shape index (κ1) is 37.1. The third-order valence-corrected chi connectivity index (χ3v) is 8.96. The Kier molecular flexibility index (Phi) is 8.58. The lowest BCUT2D eigenvalue weighted by Gasteiger charge is -2.11. The van der Waals surface area contributed by atoms with Crippen molar-refractivity contribution in [1.82, 2.24) is 19.9 Å². The number of halogens is 15. The van der Waals surface area contributed by atoms with E-state index in [4.69, 9.17) is 0 Å². The topological polar surface area (TPSA) is 57.4 Å². The van der Waals surface area contributed by atoms with Gasteiger partial charge >= 0.3 is 0 Å². The van der Waals surface area contributed by atoms with Gasteiger partial charge in [-0.1, -0.05) is 0 Å². The molecule has 0 unspecified atom stereocenters. The SMILES string of the molecule is Fc1c(F)c(F)c(-c2c3nc(c(-c4c(F)c(F)c(F)c(F)c4F)c4ccc([nH]4)c(-c4c(F)c(F)c(F)c(F)c4F)c4nc(cc5ccc2[nH]5)C=C4)C=C3)c(F)c1F. The summed E-state index contributed by atoms with van der Waals surface area (Å²) in [7, 11) is 0. The van der Waals surface area contributed by atoms with Gasteiger partial charge in [0.25, 0.3) is 0 Å². The van der Waals surface area contributed by atoms with Gasteiger partial charge < -0.3 is 9.97 Å². The molecule has 6 aromatic rings. The molecule has 0 saturated carbocycles. The number of rotatable bonds is 3. The largest absolute Gasteiger partial charge is 0.355 e. The van der Waals surface area contributed by atoms with Crippen LogP contribution in [0.15, 0.2) is 30.3 Å². The highest BCUT2D eigenvalue weighted by Gasteiger charge is 2.33. The van der Waals surface area contributed by atoms with Gasteiger partial charge in [0.05, 0.1) is 39.5 Å². The van der Waals surface area contributed by atoms with Crippen LogP contribution in [0.3, 0.4) is 0 Å². The highest BCUT2D eigenvalue weighted by atomic mass is 19.2. The van der Waals surface area contributed by atoms with Crippen LogP contribution in [0.2, 0.25) is 0 Å². The lowest BCUT2D eigenvalue weighted by atomic mass is 10.0. The molecule has 19 heteroatoms. The van der Waals surface area contributed by atoms with E-state index in [1.165, 1.54) is 12.1 Å². The Bertz CT molecular complexity index is 2880. The van der Waals surface area contributed by atoms with Crippen molar-refractivity contribution in [3.63, 3.8) is 0 Å². The third kappa shape index (κ3) is 5.50. The Hall–Kier alpha value is -6.79. The molecule has 5 heterocycles. The monoisotopic (exact) mass is 808 g/mol. The number of aromatic amines is 2. The first-order valence-corrected chi connectivity index (χ1v) is 15.7. The molecule has 0 fully saturated rings. The van der Waals surface area contributed by atoms with Crippen molar-refractivity contribution in [3.8, 4) is 33.4 Å². The maximum atomic E-state index is 15.6. The zero-order valence-corrected chi connectivity index (χ0v) is 27.3. The summed E-state index contributed by atoms with van der Waals surface area (Å²) in [6, 6.07) is 5.12. The van der Waals surface area contributed by atoms with E-state index < -0.39 is 154 Å². The van der Waals surface area contributed by atoms with Gasteiger partial charge in [0.1, 0.15) is 0 Å². The van der Waals surface area contributed by atoms with Crippen molar-refractivity contribution < 1.29 is 65.9 Å². The summed E-state index contributed by atoms with van der Waals surface area (Å²) in [4.78, 5) is 13.3. The normalized spacial score (nSPS) is 12.3. The maximum Gasteiger partial charge on any atom is 0.200 e. The van der Waals surface area contributed by atoms with E-state index in [-0.39, 0.29) is 11.2 Å². The third-order valence-electron chi connectivity index (χ3n) is 8.96. The number of fused-ring (bicyclic) bond motifs is 8. The van der Waals surface area contributed by atoms with Gasteiger partial charge in [-0.3, -0.25) is 0 Å². The number of nitrogens with zero attached hydrogens (tertiary/aromatic N) is 2. The summed E-state index contributed by atoms with van der Waals surface area (Å²) in [6.07, 6.45) is 3.82. The number of benzene rings is 3. The molecular formula is C38H11F15N4. The van der Waals surface area contributed by atoms with Gasteiger partial charge in [-0.2, -0.15) is 0 Å². The molecule has 57 heavy (non-hydrogen) atoms. The second-order valence-corrected chi connectivity index (χ2v) is 12.2. The van der Waals surface area contributed by atoms with E-state index in [0.29, 0.717) is 0 Å². The first-order valence-electron chi connectivity index (χ1n) is 15.7. The predicted molar refractivity (Wildman–Crippen MR) is 175 cm³/mol. The number of nitrogens with one attached hydrogen (secondary N) is 2. The van der Waals surface area contributed by atoms with Gasteiger partial charge in [0.15, 0.2) is 69.8 Å². The van der Waals surface area contributed by atoms with Crippen molar-refractivity contribution in [2.24, 2.45) is 0 Å². The molecule has 0 radical (unpaired) electrons. The summed E-state index contributed by atoms with van der Waals surface area (Å²) in [5, 5.41) is 0. The zero-order chi connectivity index (χ0) is 40.9. The van der Waals surface area contributed by atoms with Crippen LogP contribution in [0.5, 0.6) is 0 Å². The van der Waals surface area contributed by atoms with Crippen LogP contribution in [0, 0.1) is 87.3 Å². The van der Waals surface area contributed by atoms with Gasteiger partial charge in [0, 0.05) is 38.8 Å². The molecule has 0 spiro atoms. The molecule has 288 valence electrons. The molecule has 3 aromatic carbocycles. The van der Waals surface area contributed by atoms with Crippen molar-refractivity contribution in [2.75, 3.05) is 0 Å². The van der Waals surface area contributed by atoms with Crippen LogP contribution >= 0.6 is 0 Å². The molecule has 0 atom stereocenters. The second-order valence-electron chi connectivity index (χ2n) is 12.2. The first-order chi connectivity index (χ1) is 27.0. The lowest BCUT2D eigenvalue weighted by Crippen LogP contribution is -2.06. The fourth-order valence-electron chi connectivity index (χ4n) is 6.40. The van der Waals surface area contributed by atoms with E-state index in [0.717, 1.165) is 42.5 Å². The summed E-state index contributed by atoms with van der Waals surface area (Å²) in [6.45, 7) is 0. The molecule has 2 N–H and O–H groups in total. The number of aromatic nitrogens is 4. The number of hydrogen-bond acceptors (Lipinski definition) is 2. The van der Waals surface area contributed by atoms with Crippen LogP contribution in [0.25, 0.3) is 79.8 Å². The van der Waals surface area contributed by atoms with E-state index in [1.807, 2.05) is 0 Å². The molecule has 0 aliphatic carbocycles. The summed E-state index contributed by atoms with van der Waals surface area (Å²) in [5.74, 6) is -36.5. The number of hydrogen-bond donors (Lipinski definition) is 2. The lowest BCUT2D eigenvalue weighted by molar-refractivity contribution is 0.381. The highest BCUT2D eigenvalue weighted by molar-refractivity contribution is 5.98. The van der Waals surface area contributed by atoms with Crippen molar-refractivity contribution in [2.45, 2.75) is 0 Å². The van der Waals surface area contributed by atoms with E-state index in [9.17, 15) is 39.5 Å². The molecule has 0 saturated heterocycles. The smallest absolute Gasteiger partial charge is 0.200 e. The Morgan fingerprint density at radius 2 is 0.596 bits per heavy atom. The molecule has 8 bridgehead atoms. The molecule has 2 aliphatic rings. The second kappa shape index (κ2) is 13.2. The van der Waals surface area contributed by atoms with Gasteiger partial charge in [0.2, 0.25) is 17.5 Å². The van der Waals surface area contributed by atoms with Crippen molar-refractivity contribution in [3.05, 3.63) is 140 Å². The van der Waals surface area contributed by atoms with Gasteiger partial charge in [-0.15, -0.1) is 0 Å². The van der Waals surface area contributed by atoms with Gasteiger partial charge in [-0.25, -0.2) is 75.8 Å². The predicted octanol–water partition coefficient (Wildman–Crippen LogP) is 11.7. The van der Waals surface area contributed by atoms with Crippen LogP contribution in [0.4, 0.5) is 65.9 Å². The van der Waals surface area contributed by atoms with E-state index in [2.05, 4.69) is 19.9 Å². The number of H-pyrrole nitrogens is 2. The molecule has 3 aromatic heterocycles. The average molecular weight is 809 g/mol. The highest BCUT2D eigenvalue weighted by Crippen LogP contribution is 2.42. The maximum absolute atomic E-state index is 15.6. The molecule has 8 rings (SSSR count).